The normalized spacial score (nSPS) is 11.9. The third-order valence-corrected chi connectivity index (χ3v) is 3.23. The molecule has 1 unspecified atom stereocenters. The van der Waals surface area contributed by atoms with Gasteiger partial charge in [0.15, 0.2) is 0 Å². The van der Waals surface area contributed by atoms with Crippen LogP contribution in [-0.4, -0.2) is 37.7 Å². The van der Waals surface area contributed by atoms with Crippen LogP contribution >= 0.6 is 0 Å². The maximum absolute atomic E-state index is 12.2. The molecule has 1 amide bonds. The van der Waals surface area contributed by atoms with E-state index in [0.717, 1.165) is 0 Å². The minimum Gasteiger partial charge on any atom is -0.497 e. The molecule has 1 atom stereocenters. The highest BCUT2D eigenvalue weighted by molar-refractivity contribution is 5.95. The molecule has 22 heavy (non-hydrogen) atoms. The number of amides is 1. The molecule has 0 bridgehead atoms. The Morgan fingerprint density at radius 1 is 1.14 bits per heavy atom. The van der Waals surface area contributed by atoms with Crippen LogP contribution in [0.5, 0.6) is 11.5 Å². The molecular weight excluding hydrogens is 286 g/mol. The smallest absolute Gasteiger partial charge is 0.308 e. The number of hydrogen-bond acceptors (Lipinski definition) is 4. The summed E-state index contributed by atoms with van der Waals surface area (Å²) in [5, 5.41) is 11.8. The second kappa shape index (κ2) is 8.26. The molecule has 0 aliphatic heterocycles. The molecule has 0 spiro atoms. The summed E-state index contributed by atoms with van der Waals surface area (Å²) < 4.78 is 10.2. The van der Waals surface area contributed by atoms with E-state index in [1.165, 1.54) is 14.2 Å². The second-order valence-electron chi connectivity index (χ2n) is 5.48. The Bertz CT molecular complexity index is 505. The fourth-order valence-corrected chi connectivity index (χ4v) is 2.10. The fourth-order valence-electron chi connectivity index (χ4n) is 2.10. The van der Waals surface area contributed by atoms with Crippen LogP contribution in [0.3, 0.4) is 0 Å². The zero-order chi connectivity index (χ0) is 16.7. The molecular formula is C16H23NO5. The van der Waals surface area contributed by atoms with Crippen molar-refractivity contribution in [2.75, 3.05) is 20.8 Å². The van der Waals surface area contributed by atoms with Crippen molar-refractivity contribution in [3.05, 3.63) is 23.8 Å². The molecule has 1 aromatic carbocycles. The Morgan fingerprint density at radius 3 is 2.09 bits per heavy atom. The molecule has 0 saturated carbocycles. The highest BCUT2D eigenvalue weighted by Crippen LogP contribution is 2.22. The third kappa shape index (κ3) is 5.27. The van der Waals surface area contributed by atoms with Crippen LogP contribution < -0.4 is 14.8 Å². The molecule has 0 aliphatic rings. The Morgan fingerprint density at radius 2 is 1.68 bits per heavy atom. The lowest BCUT2D eigenvalue weighted by Crippen LogP contribution is -2.33. The van der Waals surface area contributed by atoms with Gasteiger partial charge in [-0.05, 0) is 24.5 Å². The van der Waals surface area contributed by atoms with Crippen LogP contribution in [0.2, 0.25) is 0 Å². The van der Waals surface area contributed by atoms with Gasteiger partial charge < -0.3 is 19.9 Å². The van der Waals surface area contributed by atoms with Crippen LogP contribution in [0.4, 0.5) is 0 Å². The molecule has 0 aromatic heterocycles. The van der Waals surface area contributed by atoms with E-state index in [1.807, 2.05) is 13.8 Å². The van der Waals surface area contributed by atoms with Crippen molar-refractivity contribution in [3.63, 3.8) is 0 Å². The Kier molecular flexibility index (Phi) is 6.69. The van der Waals surface area contributed by atoms with Gasteiger partial charge >= 0.3 is 5.97 Å². The zero-order valence-electron chi connectivity index (χ0n) is 13.4. The van der Waals surface area contributed by atoms with Crippen LogP contribution in [0, 0.1) is 11.8 Å². The highest BCUT2D eigenvalue weighted by Gasteiger charge is 2.20. The predicted molar refractivity (Wildman–Crippen MR) is 82.5 cm³/mol. The molecule has 1 rings (SSSR count). The molecule has 0 saturated heterocycles. The number of carboxylic acids is 1. The standard InChI is InChI=1S/C16H23NO5/c1-10(2)5-12(16(19)20)9-17-15(18)11-6-13(21-3)8-14(7-11)22-4/h6-8,10,12H,5,9H2,1-4H3,(H,17,18)(H,19,20). The van der Waals surface area contributed by atoms with Gasteiger partial charge in [0, 0.05) is 18.2 Å². The molecule has 1 aromatic rings. The summed E-state index contributed by atoms with van der Waals surface area (Å²) in [5.41, 5.74) is 0.366. The van der Waals surface area contributed by atoms with E-state index >= 15 is 0 Å². The number of ether oxygens (including phenoxy) is 2. The van der Waals surface area contributed by atoms with E-state index in [0.29, 0.717) is 23.5 Å². The first-order valence-corrected chi connectivity index (χ1v) is 7.11. The maximum Gasteiger partial charge on any atom is 0.308 e. The quantitative estimate of drug-likeness (QED) is 0.769. The number of nitrogens with one attached hydrogen (secondary N) is 1. The summed E-state index contributed by atoms with van der Waals surface area (Å²) in [6.45, 7) is 3.99. The monoisotopic (exact) mass is 309 g/mol. The van der Waals surface area contributed by atoms with E-state index in [1.54, 1.807) is 18.2 Å². The first-order chi connectivity index (χ1) is 10.4. The predicted octanol–water partition coefficient (Wildman–Crippen LogP) is 2.18. The lowest BCUT2D eigenvalue weighted by atomic mass is 9.97. The van der Waals surface area contributed by atoms with Crippen LogP contribution in [-0.2, 0) is 4.79 Å². The molecule has 6 heteroatoms. The first-order valence-electron chi connectivity index (χ1n) is 7.11. The average Bonchev–Trinajstić information content (AvgIpc) is 2.49. The topological polar surface area (TPSA) is 84.9 Å². The van der Waals surface area contributed by atoms with Crippen molar-refractivity contribution in [2.45, 2.75) is 20.3 Å². The number of rotatable bonds is 8. The van der Waals surface area contributed by atoms with Gasteiger partial charge in [0.25, 0.3) is 5.91 Å². The summed E-state index contributed by atoms with van der Waals surface area (Å²) in [5.74, 6) is -0.612. The summed E-state index contributed by atoms with van der Waals surface area (Å²) in [6.07, 6.45) is 0.511. The van der Waals surface area contributed by atoms with Gasteiger partial charge in [-0.3, -0.25) is 9.59 Å². The van der Waals surface area contributed by atoms with Crippen molar-refractivity contribution < 1.29 is 24.2 Å². The van der Waals surface area contributed by atoms with E-state index in [4.69, 9.17) is 9.47 Å². The maximum atomic E-state index is 12.2. The summed E-state index contributed by atoms with van der Waals surface area (Å²) >= 11 is 0. The van der Waals surface area contributed by atoms with Gasteiger partial charge in [-0.25, -0.2) is 0 Å². The molecule has 122 valence electrons. The van der Waals surface area contributed by atoms with Crippen molar-refractivity contribution in [1.82, 2.24) is 5.32 Å². The lowest BCUT2D eigenvalue weighted by Gasteiger charge is -2.16. The summed E-state index contributed by atoms with van der Waals surface area (Å²) in [4.78, 5) is 23.4. The van der Waals surface area contributed by atoms with E-state index < -0.39 is 11.9 Å². The van der Waals surface area contributed by atoms with E-state index in [2.05, 4.69) is 5.32 Å². The van der Waals surface area contributed by atoms with Gasteiger partial charge in [-0.2, -0.15) is 0 Å². The second-order valence-corrected chi connectivity index (χ2v) is 5.48. The molecule has 0 fully saturated rings. The third-order valence-electron chi connectivity index (χ3n) is 3.23. The van der Waals surface area contributed by atoms with Crippen molar-refractivity contribution in [1.29, 1.82) is 0 Å². The Hall–Kier alpha value is -2.24. The summed E-state index contributed by atoms with van der Waals surface area (Å²) in [7, 11) is 3.00. The number of benzene rings is 1. The minimum atomic E-state index is -0.905. The SMILES string of the molecule is COc1cc(OC)cc(C(=O)NCC(CC(C)C)C(=O)O)c1. The number of carbonyl (C=O) groups is 2. The number of hydrogen-bond donors (Lipinski definition) is 2. The van der Waals surface area contributed by atoms with Gasteiger partial charge in [-0.15, -0.1) is 0 Å². The van der Waals surface area contributed by atoms with E-state index in [9.17, 15) is 14.7 Å². The first kappa shape index (κ1) is 17.8. The number of carboxylic acid groups (broad SMARTS) is 1. The van der Waals surface area contributed by atoms with E-state index in [-0.39, 0.29) is 18.4 Å². The largest absolute Gasteiger partial charge is 0.497 e. The van der Waals surface area contributed by atoms with Crippen molar-refractivity contribution >= 4 is 11.9 Å². The molecule has 0 aliphatic carbocycles. The molecule has 2 N–H and O–H groups in total. The number of carbonyl (C=O) groups excluding carboxylic acids is 1. The van der Waals surface area contributed by atoms with Gasteiger partial charge in [0.2, 0.25) is 0 Å². The van der Waals surface area contributed by atoms with Crippen molar-refractivity contribution in [3.8, 4) is 11.5 Å². The Labute approximate surface area is 130 Å². The zero-order valence-corrected chi connectivity index (χ0v) is 13.4. The molecule has 0 heterocycles. The van der Waals surface area contributed by atoms with Gasteiger partial charge in [0.05, 0.1) is 20.1 Å². The highest BCUT2D eigenvalue weighted by atomic mass is 16.5. The van der Waals surface area contributed by atoms with Crippen LogP contribution in [0.15, 0.2) is 18.2 Å². The number of aliphatic carboxylic acids is 1. The van der Waals surface area contributed by atoms with Crippen LogP contribution in [0.25, 0.3) is 0 Å². The summed E-state index contributed by atoms with van der Waals surface area (Å²) in [6, 6.07) is 4.82. The number of methoxy groups -OCH3 is 2. The average molecular weight is 309 g/mol. The Balaban J connectivity index is 2.77. The van der Waals surface area contributed by atoms with Gasteiger partial charge in [-0.1, -0.05) is 13.8 Å². The van der Waals surface area contributed by atoms with Gasteiger partial charge in [0.1, 0.15) is 11.5 Å². The lowest BCUT2D eigenvalue weighted by molar-refractivity contribution is -0.142. The van der Waals surface area contributed by atoms with Crippen molar-refractivity contribution in [2.24, 2.45) is 11.8 Å². The van der Waals surface area contributed by atoms with Crippen LogP contribution in [0.1, 0.15) is 30.6 Å². The fraction of sp³-hybridized carbons (Fsp3) is 0.500. The minimum absolute atomic E-state index is 0.0892. The molecule has 6 nitrogen and oxygen atoms in total. The molecule has 0 radical (unpaired) electrons.